The Bertz CT molecular complexity index is 160. The summed E-state index contributed by atoms with van der Waals surface area (Å²) in [7, 11) is 0. The highest BCUT2D eigenvalue weighted by Gasteiger charge is 2.37. The fraction of sp³-hybridized carbons (Fsp3) is 0.909. The highest BCUT2D eigenvalue weighted by molar-refractivity contribution is 5.77. The SMILES string of the molecule is CCCOC(CCC)(CCC)C(=O)O. The van der Waals surface area contributed by atoms with E-state index in [0.717, 1.165) is 19.3 Å². The van der Waals surface area contributed by atoms with Crippen molar-refractivity contribution < 1.29 is 14.6 Å². The van der Waals surface area contributed by atoms with Gasteiger partial charge in [0.15, 0.2) is 5.60 Å². The smallest absolute Gasteiger partial charge is 0.335 e. The van der Waals surface area contributed by atoms with Crippen molar-refractivity contribution >= 4 is 5.97 Å². The second-order valence-electron chi connectivity index (χ2n) is 3.65. The summed E-state index contributed by atoms with van der Waals surface area (Å²) in [6.07, 6.45) is 3.76. The molecule has 0 heterocycles. The predicted octanol–water partition coefficient (Wildman–Crippen LogP) is 2.84. The van der Waals surface area contributed by atoms with Crippen molar-refractivity contribution in [2.45, 2.75) is 58.5 Å². The average molecular weight is 202 g/mol. The summed E-state index contributed by atoms with van der Waals surface area (Å²) in [5.41, 5.74) is -0.931. The molecule has 0 radical (unpaired) electrons. The van der Waals surface area contributed by atoms with Gasteiger partial charge in [0.05, 0.1) is 0 Å². The van der Waals surface area contributed by atoms with Gasteiger partial charge >= 0.3 is 5.97 Å². The van der Waals surface area contributed by atoms with Crippen molar-refractivity contribution in [2.75, 3.05) is 6.61 Å². The van der Waals surface area contributed by atoms with E-state index in [4.69, 9.17) is 4.74 Å². The van der Waals surface area contributed by atoms with E-state index in [1.165, 1.54) is 0 Å². The Hall–Kier alpha value is -0.570. The molecule has 0 rings (SSSR count). The van der Waals surface area contributed by atoms with E-state index < -0.39 is 11.6 Å². The van der Waals surface area contributed by atoms with Gasteiger partial charge in [0, 0.05) is 6.61 Å². The first-order valence-electron chi connectivity index (χ1n) is 5.50. The van der Waals surface area contributed by atoms with E-state index in [2.05, 4.69) is 0 Å². The van der Waals surface area contributed by atoms with E-state index in [1.807, 2.05) is 20.8 Å². The third-order valence-electron chi connectivity index (χ3n) is 2.28. The molecule has 0 bridgehead atoms. The molecule has 0 spiro atoms. The molecule has 3 nitrogen and oxygen atoms in total. The molecule has 14 heavy (non-hydrogen) atoms. The zero-order valence-electron chi connectivity index (χ0n) is 9.51. The molecule has 0 atom stereocenters. The number of rotatable bonds is 8. The maximum atomic E-state index is 11.2. The van der Waals surface area contributed by atoms with Gasteiger partial charge in [-0.15, -0.1) is 0 Å². The number of carbonyl (C=O) groups is 1. The summed E-state index contributed by atoms with van der Waals surface area (Å²) in [5.74, 6) is -0.811. The summed E-state index contributed by atoms with van der Waals surface area (Å²) >= 11 is 0. The van der Waals surface area contributed by atoms with Gasteiger partial charge in [0.25, 0.3) is 0 Å². The van der Waals surface area contributed by atoms with Gasteiger partial charge < -0.3 is 9.84 Å². The standard InChI is InChI=1S/C11H22O3/c1-4-7-11(8-5-2,10(12)13)14-9-6-3/h4-9H2,1-3H3,(H,12,13). The molecule has 0 aliphatic rings. The molecule has 84 valence electrons. The van der Waals surface area contributed by atoms with Gasteiger partial charge in [-0.05, 0) is 19.3 Å². The van der Waals surface area contributed by atoms with Gasteiger partial charge in [-0.25, -0.2) is 4.79 Å². The third kappa shape index (κ3) is 3.66. The Kier molecular flexibility index (Phi) is 6.54. The van der Waals surface area contributed by atoms with Gasteiger partial charge in [-0.1, -0.05) is 33.6 Å². The Labute approximate surface area is 86.5 Å². The van der Waals surface area contributed by atoms with Crippen LogP contribution < -0.4 is 0 Å². The highest BCUT2D eigenvalue weighted by Crippen LogP contribution is 2.25. The first-order valence-corrected chi connectivity index (χ1v) is 5.50. The van der Waals surface area contributed by atoms with Crippen molar-refractivity contribution in [2.24, 2.45) is 0 Å². The summed E-state index contributed by atoms with van der Waals surface area (Å²) in [5, 5.41) is 9.19. The third-order valence-corrected chi connectivity index (χ3v) is 2.28. The molecule has 0 aromatic heterocycles. The van der Waals surface area contributed by atoms with Crippen LogP contribution in [0, 0.1) is 0 Å². The van der Waals surface area contributed by atoms with Crippen LogP contribution in [0.2, 0.25) is 0 Å². The maximum Gasteiger partial charge on any atom is 0.335 e. The minimum atomic E-state index is -0.931. The second kappa shape index (κ2) is 6.82. The largest absolute Gasteiger partial charge is 0.479 e. The Morgan fingerprint density at radius 1 is 1.14 bits per heavy atom. The molecule has 0 saturated carbocycles. The van der Waals surface area contributed by atoms with Crippen LogP contribution in [0.4, 0.5) is 0 Å². The summed E-state index contributed by atoms with van der Waals surface area (Å²) in [6.45, 7) is 6.50. The zero-order valence-corrected chi connectivity index (χ0v) is 9.51. The van der Waals surface area contributed by atoms with Crippen LogP contribution in [-0.4, -0.2) is 23.3 Å². The van der Waals surface area contributed by atoms with Crippen molar-refractivity contribution in [3.63, 3.8) is 0 Å². The molecule has 0 aromatic carbocycles. The summed E-state index contributed by atoms with van der Waals surface area (Å²) in [6, 6.07) is 0. The lowest BCUT2D eigenvalue weighted by Crippen LogP contribution is -2.41. The Morgan fingerprint density at radius 2 is 1.64 bits per heavy atom. The highest BCUT2D eigenvalue weighted by atomic mass is 16.5. The predicted molar refractivity (Wildman–Crippen MR) is 56.4 cm³/mol. The Morgan fingerprint density at radius 3 is 1.93 bits per heavy atom. The monoisotopic (exact) mass is 202 g/mol. The lowest BCUT2D eigenvalue weighted by molar-refractivity contribution is -0.168. The summed E-state index contributed by atoms with van der Waals surface area (Å²) in [4.78, 5) is 11.2. The molecular weight excluding hydrogens is 180 g/mol. The fourth-order valence-electron chi connectivity index (χ4n) is 1.65. The van der Waals surface area contributed by atoms with E-state index in [0.29, 0.717) is 19.4 Å². The van der Waals surface area contributed by atoms with Crippen LogP contribution in [0.25, 0.3) is 0 Å². The van der Waals surface area contributed by atoms with Crippen molar-refractivity contribution in [1.82, 2.24) is 0 Å². The van der Waals surface area contributed by atoms with Gasteiger partial charge in [-0.3, -0.25) is 0 Å². The average Bonchev–Trinajstić information content (AvgIpc) is 2.14. The number of hydrogen-bond donors (Lipinski definition) is 1. The maximum absolute atomic E-state index is 11.2. The van der Waals surface area contributed by atoms with E-state index in [9.17, 15) is 9.90 Å². The zero-order chi connectivity index (χ0) is 11.0. The van der Waals surface area contributed by atoms with E-state index >= 15 is 0 Å². The van der Waals surface area contributed by atoms with Crippen molar-refractivity contribution in [1.29, 1.82) is 0 Å². The first-order chi connectivity index (χ1) is 6.63. The summed E-state index contributed by atoms with van der Waals surface area (Å²) < 4.78 is 5.52. The number of ether oxygens (including phenoxy) is 1. The van der Waals surface area contributed by atoms with Crippen LogP contribution in [0.5, 0.6) is 0 Å². The molecule has 0 aromatic rings. The van der Waals surface area contributed by atoms with Crippen molar-refractivity contribution in [3.05, 3.63) is 0 Å². The minimum Gasteiger partial charge on any atom is -0.479 e. The van der Waals surface area contributed by atoms with E-state index in [1.54, 1.807) is 0 Å². The first kappa shape index (κ1) is 13.4. The molecule has 0 fully saturated rings. The van der Waals surface area contributed by atoms with E-state index in [-0.39, 0.29) is 0 Å². The second-order valence-corrected chi connectivity index (χ2v) is 3.65. The number of carboxylic acids is 1. The lowest BCUT2D eigenvalue weighted by atomic mass is 9.92. The molecule has 3 heteroatoms. The minimum absolute atomic E-state index is 0.534. The number of aliphatic carboxylic acids is 1. The number of hydrogen-bond acceptors (Lipinski definition) is 2. The normalized spacial score (nSPS) is 11.6. The Balaban J connectivity index is 4.46. The quantitative estimate of drug-likeness (QED) is 0.658. The van der Waals surface area contributed by atoms with Gasteiger partial charge in [-0.2, -0.15) is 0 Å². The van der Waals surface area contributed by atoms with Gasteiger partial charge in [0.2, 0.25) is 0 Å². The van der Waals surface area contributed by atoms with Gasteiger partial charge in [0.1, 0.15) is 0 Å². The topological polar surface area (TPSA) is 46.5 Å². The fourth-order valence-corrected chi connectivity index (χ4v) is 1.65. The van der Waals surface area contributed by atoms with Crippen LogP contribution >= 0.6 is 0 Å². The molecule has 0 saturated heterocycles. The molecule has 0 aliphatic heterocycles. The molecule has 0 aliphatic carbocycles. The molecular formula is C11H22O3. The molecule has 0 unspecified atom stereocenters. The molecule has 0 amide bonds. The molecule has 1 N–H and O–H groups in total. The van der Waals surface area contributed by atoms with Crippen molar-refractivity contribution in [3.8, 4) is 0 Å². The van der Waals surface area contributed by atoms with Crippen LogP contribution in [0.3, 0.4) is 0 Å². The lowest BCUT2D eigenvalue weighted by Gasteiger charge is -2.29. The number of carboxylic acid groups (broad SMARTS) is 1. The van der Waals surface area contributed by atoms with Crippen LogP contribution in [0.15, 0.2) is 0 Å². The van der Waals surface area contributed by atoms with Crippen LogP contribution in [0.1, 0.15) is 52.9 Å². The van der Waals surface area contributed by atoms with Crippen LogP contribution in [-0.2, 0) is 9.53 Å².